The van der Waals surface area contributed by atoms with Gasteiger partial charge in [-0.2, -0.15) is 0 Å². The molecule has 134 valence electrons. The summed E-state index contributed by atoms with van der Waals surface area (Å²) in [6, 6.07) is 12.2. The van der Waals surface area contributed by atoms with Crippen LogP contribution in [0.5, 0.6) is 0 Å². The van der Waals surface area contributed by atoms with E-state index in [4.69, 9.17) is 11.6 Å². The number of amides is 2. The number of nitrogens with zero attached hydrogens (tertiary/aromatic N) is 2. The Labute approximate surface area is 156 Å². The molecule has 0 aliphatic rings. The number of rotatable bonds is 3. The van der Waals surface area contributed by atoms with Gasteiger partial charge in [0.15, 0.2) is 5.69 Å². The van der Waals surface area contributed by atoms with Crippen molar-refractivity contribution >= 4 is 34.6 Å². The minimum absolute atomic E-state index is 0.111. The maximum Gasteiger partial charge on any atom is 0.292 e. The van der Waals surface area contributed by atoms with E-state index in [0.717, 1.165) is 0 Å². The van der Waals surface area contributed by atoms with Gasteiger partial charge in [0, 0.05) is 11.7 Å². The van der Waals surface area contributed by atoms with E-state index in [-0.39, 0.29) is 17.4 Å². The average molecular weight is 371 g/mol. The number of fused-ring (bicyclic) bond motifs is 1. The second-order valence-corrected chi connectivity index (χ2v) is 7.29. The predicted octanol–water partition coefficient (Wildman–Crippen LogP) is 3.77. The molecule has 2 heterocycles. The van der Waals surface area contributed by atoms with Crippen LogP contribution in [-0.2, 0) is 0 Å². The minimum atomic E-state index is -0.450. The monoisotopic (exact) mass is 370 g/mol. The zero-order chi connectivity index (χ0) is 18.9. The van der Waals surface area contributed by atoms with Gasteiger partial charge in [-0.1, -0.05) is 29.8 Å². The van der Waals surface area contributed by atoms with E-state index in [2.05, 4.69) is 15.6 Å². The van der Waals surface area contributed by atoms with Crippen molar-refractivity contribution in [2.24, 2.45) is 0 Å². The Hall–Kier alpha value is -2.86. The maximum absolute atomic E-state index is 12.7. The zero-order valence-corrected chi connectivity index (χ0v) is 15.5. The molecular formula is C19H19ClN4O2. The van der Waals surface area contributed by atoms with E-state index in [1.54, 1.807) is 53.1 Å². The van der Waals surface area contributed by atoms with Crippen molar-refractivity contribution in [3.63, 3.8) is 0 Å². The number of hydrogen-bond acceptors (Lipinski definition) is 3. The van der Waals surface area contributed by atoms with Gasteiger partial charge < -0.3 is 10.6 Å². The fraction of sp³-hybridized carbons (Fsp3) is 0.211. The molecular weight excluding hydrogens is 352 g/mol. The highest BCUT2D eigenvalue weighted by Gasteiger charge is 2.24. The van der Waals surface area contributed by atoms with Crippen molar-refractivity contribution in [3.05, 3.63) is 65.2 Å². The highest BCUT2D eigenvalue weighted by atomic mass is 35.5. The van der Waals surface area contributed by atoms with Gasteiger partial charge in [-0.05, 0) is 45.0 Å². The summed E-state index contributed by atoms with van der Waals surface area (Å²) in [5.74, 6) is -0.674. The lowest BCUT2D eigenvalue weighted by Crippen LogP contribution is -2.40. The molecule has 2 amide bonds. The molecule has 0 saturated carbocycles. The summed E-state index contributed by atoms with van der Waals surface area (Å²) in [6.45, 7) is 5.65. The lowest BCUT2D eigenvalue weighted by Gasteiger charge is -2.19. The van der Waals surface area contributed by atoms with E-state index in [9.17, 15) is 9.59 Å². The Kier molecular flexibility index (Phi) is 4.70. The van der Waals surface area contributed by atoms with Crippen molar-refractivity contribution in [1.29, 1.82) is 0 Å². The third-order valence-corrected chi connectivity index (χ3v) is 3.91. The number of anilines is 1. The number of nitrogens with one attached hydrogen (secondary N) is 2. The molecule has 1 aromatic carbocycles. The number of carbonyl (C=O) groups is 2. The molecule has 3 rings (SSSR count). The van der Waals surface area contributed by atoms with Crippen LogP contribution in [-0.4, -0.2) is 26.7 Å². The van der Waals surface area contributed by atoms with E-state index in [1.165, 1.54) is 0 Å². The van der Waals surface area contributed by atoms with E-state index in [0.29, 0.717) is 16.2 Å². The van der Waals surface area contributed by atoms with E-state index < -0.39 is 11.4 Å². The van der Waals surface area contributed by atoms with Crippen LogP contribution in [0.3, 0.4) is 0 Å². The molecule has 0 unspecified atom stereocenters. The van der Waals surface area contributed by atoms with Gasteiger partial charge >= 0.3 is 0 Å². The number of halogens is 1. The number of para-hydroxylation sites is 1. The van der Waals surface area contributed by atoms with Crippen molar-refractivity contribution in [3.8, 4) is 0 Å². The number of carbonyl (C=O) groups excluding carboxylic acids is 2. The van der Waals surface area contributed by atoms with Crippen LogP contribution in [0.4, 0.5) is 5.69 Å². The van der Waals surface area contributed by atoms with Crippen molar-refractivity contribution < 1.29 is 9.59 Å². The third-order valence-electron chi connectivity index (χ3n) is 3.58. The highest BCUT2D eigenvalue weighted by molar-refractivity contribution is 6.33. The Morgan fingerprint density at radius 1 is 1.04 bits per heavy atom. The Morgan fingerprint density at radius 3 is 2.42 bits per heavy atom. The van der Waals surface area contributed by atoms with Crippen molar-refractivity contribution in [2.45, 2.75) is 26.3 Å². The molecule has 0 bridgehead atoms. The lowest BCUT2D eigenvalue weighted by molar-refractivity contribution is 0.0916. The molecule has 0 saturated heterocycles. The van der Waals surface area contributed by atoms with Gasteiger partial charge in [0.25, 0.3) is 11.8 Å². The molecule has 7 heteroatoms. The third kappa shape index (κ3) is 3.70. The molecule has 26 heavy (non-hydrogen) atoms. The molecule has 2 N–H and O–H groups in total. The van der Waals surface area contributed by atoms with Crippen LogP contribution in [0.15, 0.2) is 48.7 Å². The summed E-state index contributed by atoms with van der Waals surface area (Å²) in [4.78, 5) is 29.6. The lowest BCUT2D eigenvalue weighted by atomic mass is 10.1. The summed E-state index contributed by atoms with van der Waals surface area (Å²) in [5, 5.41) is 6.03. The molecule has 0 aliphatic heterocycles. The van der Waals surface area contributed by atoms with Gasteiger partial charge in [0.2, 0.25) is 5.82 Å². The minimum Gasteiger partial charge on any atom is -0.346 e. The number of imidazole rings is 1. The van der Waals surface area contributed by atoms with Gasteiger partial charge in [-0.15, -0.1) is 0 Å². The predicted molar refractivity (Wildman–Crippen MR) is 102 cm³/mol. The molecule has 0 aliphatic carbocycles. The Morgan fingerprint density at radius 2 is 1.73 bits per heavy atom. The van der Waals surface area contributed by atoms with Gasteiger partial charge in [-0.25, -0.2) is 4.98 Å². The van der Waals surface area contributed by atoms with Gasteiger partial charge in [0.05, 0.1) is 16.2 Å². The fourth-order valence-corrected chi connectivity index (χ4v) is 2.69. The summed E-state index contributed by atoms with van der Waals surface area (Å²) in [6.07, 6.45) is 1.69. The average Bonchev–Trinajstić information content (AvgIpc) is 2.95. The first-order valence-electron chi connectivity index (χ1n) is 8.12. The number of aromatic nitrogens is 2. The first-order chi connectivity index (χ1) is 12.3. The molecule has 2 aromatic heterocycles. The number of benzene rings is 1. The second kappa shape index (κ2) is 6.80. The summed E-state index contributed by atoms with van der Waals surface area (Å²) >= 11 is 6.10. The number of pyridine rings is 1. The molecule has 3 aromatic rings. The van der Waals surface area contributed by atoms with Crippen LogP contribution < -0.4 is 10.6 Å². The van der Waals surface area contributed by atoms with Gasteiger partial charge in [-0.3, -0.25) is 14.0 Å². The number of hydrogen-bond donors (Lipinski definition) is 2. The Bertz CT molecular complexity index is 989. The zero-order valence-electron chi connectivity index (χ0n) is 14.7. The smallest absolute Gasteiger partial charge is 0.292 e. The quantitative estimate of drug-likeness (QED) is 0.736. The standard InChI is InChI=1S/C19H19ClN4O2/c1-19(2,3)23-17(25)15-14-10-6-7-11-24(14)16(22-15)18(26)21-13-9-5-4-8-12(13)20/h4-11H,1-3H3,(H,21,26)(H,23,25). The topological polar surface area (TPSA) is 75.5 Å². The molecule has 0 spiro atoms. The van der Waals surface area contributed by atoms with Gasteiger partial charge in [0.1, 0.15) is 0 Å². The highest BCUT2D eigenvalue weighted by Crippen LogP contribution is 2.22. The maximum atomic E-state index is 12.7. The summed E-state index contributed by atoms with van der Waals surface area (Å²) in [5.41, 5.74) is 0.817. The molecule has 0 radical (unpaired) electrons. The van der Waals surface area contributed by atoms with Crippen LogP contribution in [0.25, 0.3) is 5.52 Å². The van der Waals surface area contributed by atoms with E-state index >= 15 is 0 Å². The molecule has 6 nitrogen and oxygen atoms in total. The molecule has 0 fully saturated rings. The fourth-order valence-electron chi connectivity index (χ4n) is 2.51. The van der Waals surface area contributed by atoms with Crippen LogP contribution in [0.2, 0.25) is 5.02 Å². The first kappa shape index (κ1) is 17.9. The first-order valence-corrected chi connectivity index (χ1v) is 8.49. The summed E-state index contributed by atoms with van der Waals surface area (Å²) in [7, 11) is 0. The second-order valence-electron chi connectivity index (χ2n) is 6.88. The SMILES string of the molecule is CC(C)(C)NC(=O)c1nc(C(=O)Nc2ccccc2Cl)n2ccccc12. The summed E-state index contributed by atoms with van der Waals surface area (Å²) < 4.78 is 1.59. The van der Waals surface area contributed by atoms with Crippen LogP contribution in [0.1, 0.15) is 41.9 Å². The van der Waals surface area contributed by atoms with Crippen molar-refractivity contribution in [2.75, 3.05) is 5.32 Å². The van der Waals surface area contributed by atoms with Crippen LogP contribution in [0, 0.1) is 0 Å². The van der Waals surface area contributed by atoms with Crippen molar-refractivity contribution in [1.82, 2.24) is 14.7 Å². The van der Waals surface area contributed by atoms with E-state index in [1.807, 2.05) is 20.8 Å². The largest absolute Gasteiger partial charge is 0.346 e. The molecule has 0 atom stereocenters. The normalized spacial score (nSPS) is 11.4. The Balaban J connectivity index is 2.00. The van der Waals surface area contributed by atoms with Crippen LogP contribution >= 0.6 is 11.6 Å².